The topological polar surface area (TPSA) is 97.9 Å². The maximum atomic E-state index is 13.2. The van der Waals surface area contributed by atoms with Crippen LogP contribution in [0, 0.1) is 5.92 Å². The van der Waals surface area contributed by atoms with E-state index in [0.717, 1.165) is 44.5 Å². The highest BCUT2D eigenvalue weighted by atomic mass is 16.2. The zero-order valence-electron chi connectivity index (χ0n) is 21.3. The van der Waals surface area contributed by atoms with Crippen LogP contribution in [0.25, 0.3) is 0 Å². The van der Waals surface area contributed by atoms with Gasteiger partial charge in [-0.2, -0.15) is 0 Å². The van der Waals surface area contributed by atoms with Crippen molar-refractivity contribution in [3.8, 4) is 0 Å². The van der Waals surface area contributed by atoms with Gasteiger partial charge in [-0.3, -0.25) is 19.4 Å². The Morgan fingerprint density at radius 2 is 1.62 bits per heavy atom. The second-order valence-electron chi connectivity index (χ2n) is 10.1. The standard InChI is InChI=1S/C28H36N6O3/c35-26(23-7-4-10-30-20-23)31-24-19-22(28(37)33-13-11-29-12-14-33)8-9-25(24)32-15-17-34(18-16-32)27(36)21-5-2-1-3-6-21/h4,7-10,19-21,29H,1-3,5-6,11-18H2,(H,31,35). The van der Waals surface area contributed by atoms with Gasteiger partial charge in [0.05, 0.1) is 16.9 Å². The molecule has 1 aliphatic carbocycles. The van der Waals surface area contributed by atoms with E-state index >= 15 is 0 Å². The van der Waals surface area contributed by atoms with Crippen molar-refractivity contribution < 1.29 is 14.4 Å². The number of nitrogens with zero attached hydrogens (tertiary/aromatic N) is 4. The molecule has 0 bridgehead atoms. The van der Waals surface area contributed by atoms with Gasteiger partial charge in [0.25, 0.3) is 11.8 Å². The Balaban J connectivity index is 1.34. The molecule has 0 unspecified atom stereocenters. The maximum Gasteiger partial charge on any atom is 0.257 e. The van der Waals surface area contributed by atoms with Gasteiger partial charge in [0, 0.05) is 76.2 Å². The molecule has 1 aromatic heterocycles. The maximum absolute atomic E-state index is 13.2. The molecule has 2 aromatic rings. The van der Waals surface area contributed by atoms with Crippen LogP contribution in [-0.4, -0.2) is 84.9 Å². The third kappa shape index (κ3) is 5.93. The fourth-order valence-electron chi connectivity index (χ4n) is 5.56. The quantitative estimate of drug-likeness (QED) is 0.650. The van der Waals surface area contributed by atoms with Gasteiger partial charge >= 0.3 is 0 Å². The zero-order valence-corrected chi connectivity index (χ0v) is 21.3. The number of rotatable bonds is 5. The van der Waals surface area contributed by atoms with E-state index in [4.69, 9.17) is 0 Å². The minimum atomic E-state index is -0.271. The second kappa shape index (κ2) is 11.7. The fourth-order valence-corrected chi connectivity index (χ4v) is 5.56. The number of aromatic nitrogens is 1. The average Bonchev–Trinajstić information content (AvgIpc) is 2.98. The van der Waals surface area contributed by atoms with Gasteiger partial charge in [0.1, 0.15) is 0 Å². The molecule has 37 heavy (non-hydrogen) atoms. The molecule has 5 rings (SSSR count). The highest BCUT2D eigenvalue weighted by molar-refractivity contribution is 6.07. The summed E-state index contributed by atoms with van der Waals surface area (Å²) in [5.74, 6) is 0.159. The number of anilines is 2. The first-order valence-corrected chi connectivity index (χ1v) is 13.5. The molecule has 9 heteroatoms. The largest absolute Gasteiger partial charge is 0.366 e. The van der Waals surface area contributed by atoms with Gasteiger partial charge in [0.15, 0.2) is 0 Å². The molecule has 3 aliphatic rings. The van der Waals surface area contributed by atoms with Crippen LogP contribution in [-0.2, 0) is 4.79 Å². The molecular formula is C28H36N6O3. The van der Waals surface area contributed by atoms with Crippen molar-refractivity contribution in [1.82, 2.24) is 20.1 Å². The van der Waals surface area contributed by atoms with Gasteiger partial charge in [-0.05, 0) is 43.2 Å². The van der Waals surface area contributed by atoms with Gasteiger partial charge in [-0.25, -0.2) is 0 Å². The lowest BCUT2D eigenvalue weighted by Crippen LogP contribution is -2.50. The van der Waals surface area contributed by atoms with Crippen LogP contribution < -0.4 is 15.5 Å². The van der Waals surface area contributed by atoms with E-state index in [9.17, 15) is 14.4 Å². The summed E-state index contributed by atoms with van der Waals surface area (Å²) in [5, 5.41) is 6.29. The summed E-state index contributed by atoms with van der Waals surface area (Å²) in [6.45, 7) is 5.55. The number of hydrogen-bond acceptors (Lipinski definition) is 6. The van der Waals surface area contributed by atoms with E-state index < -0.39 is 0 Å². The number of carbonyl (C=O) groups is 3. The Hall–Kier alpha value is -3.46. The smallest absolute Gasteiger partial charge is 0.257 e. The lowest BCUT2D eigenvalue weighted by atomic mass is 9.88. The molecule has 2 N–H and O–H groups in total. The summed E-state index contributed by atoms with van der Waals surface area (Å²) in [6, 6.07) is 9.00. The van der Waals surface area contributed by atoms with E-state index in [1.165, 1.54) is 12.6 Å². The first kappa shape index (κ1) is 25.2. The third-order valence-electron chi connectivity index (χ3n) is 7.71. The summed E-state index contributed by atoms with van der Waals surface area (Å²) in [4.78, 5) is 49.3. The predicted molar refractivity (Wildman–Crippen MR) is 143 cm³/mol. The van der Waals surface area contributed by atoms with Gasteiger partial charge < -0.3 is 25.3 Å². The number of piperazine rings is 2. The Labute approximate surface area is 218 Å². The summed E-state index contributed by atoms with van der Waals surface area (Å²) in [5.41, 5.74) is 2.47. The highest BCUT2D eigenvalue weighted by Gasteiger charge is 2.29. The SMILES string of the molecule is O=C(Nc1cc(C(=O)N2CCNCC2)ccc1N1CCN(C(=O)C2CCCCC2)CC1)c1cccnc1. The molecule has 3 heterocycles. The number of hydrogen-bond donors (Lipinski definition) is 2. The Morgan fingerprint density at radius 1 is 0.865 bits per heavy atom. The van der Waals surface area contributed by atoms with Crippen molar-refractivity contribution >= 4 is 29.1 Å². The minimum Gasteiger partial charge on any atom is -0.366 e. The predicted octanol–water partition coefficient (Wildman–Crippen LogP) is 2.61. The van der Waals surface area contributed by atoms with Crippen molar-refractivity contribution in [2.45, 2.75) is 32.1 Å². The van der Waals surface area contributed by atoms with E-state index in [-0.39, 0.29) is 17.7 Å². The molecule has 1 saturated carbocycles. The molecule has 1 aromatic carbocycles. The Bertz CT molecular complexity index is 1100. The normalized spacial score (nSPS) is 19.0. The van der Waals surface area contributed by atoms with E-state index in [1.54, 1.807) is 24.4 Å². The van der Waals surface area contributed by atoms with Crippen LogP contribution in [0.2, 0.25) is 0 Å². The first-order valence-electron chi connectivity index (χ1n) is 13.5. The van der Waals surface area contributed by atoms with Gasteiger partial charge in [-0.1, -0.05) is 19.3 Å². The van der Waals surface area contributed by atoms with Crippen molar-refractivity contribution in [3.63, 3.8) is 0 Å². The van der Waals surface area contributed by atoms with E-state index in [2.05, 4.69) is 20.5 Å². The number of pyridine rings is 1. The molecular weight excluding hydrogens is 468 g/mol. The molecule has 9 nitrogen and oxygen atoms in total. The second-order valence-corrected chi connectivity index (χ2v) is 10.1. The molecule has 2 aliphatic heterocycles. The third-order valence-corrected chi connectivity index (χ3v) is 7.71. The summed E-state index contributed by atoms with van der Waals surface area (Å²) in [7, 11) is 0. The van der Waals surface area contributed by atoms with Crippen LogP contribution in [0.15, 0.2) is 42.7 Å². The summed E-state index contributed by atoms with van der Waals surface area (Å²) < 4.78 is 0. The van der Waals surface area contributed by atoms with Crippen LogP contribution >= 0.6 is 0 Å². The van der Waals surface area contributed by atoms with Crippen molar-refractivity contribution in [3.05, 3.63) is 53.9 Å². The minimum absolute atomic E-state index is 0.0344. The zero-order chi connectivity index (χ0) is 25.6. The van der Waals surface area contributed by atoms with Gasteiger partial charge in [0.2, 0.25) is 5.91 Å². The molecule has 0 radical (unpaired) electrons. The van der Waals surface area contributed by atoms with Crippen molar-refractivity contribution in [1.29, 1.82) is 0 Å². The monoisotopic (exact) mass is 504 g/mol. The lowest BCUT2D eigenvalue weighted by Gasteiger charge is -2.39. The Morgan fingerprint density at radius 3 is 2.32 bits per heavy atom. The number of nitrogens with one attached hydrogen (secondary N) is 2. The molecule has 2 saturated heterocycles. The van der Waals surface area contributed by atoms with Crippen LogP contribution in [0.3, 0.4) is 0 Å². The van der Waals surface area contributed by atoms with Crippen molar-refractivity contribution in [2.24, 2.45) is 5.92 Å². The summed E-state index contributed by atoms with van der Waals surface area (Å²) >= 11 is 0. The molecule has 0 atom stereocenters. The van der Waals surface area contributed by atoms with Crippen LogP contribution in [0.4, 0.5) is 11.4 Å². The molecule has 3 amide bonds. The molecule has 0 spiro atoms. The Kier molecular flexibility index (Phi) is 7.99. The molecule has 196 valence electrons. The number of carbonyl (C=O) groups excluding carboxylic acids is 3. The first-order chi connectivity index (χ1) is 18.1. The highest BCUT2D eigenvalue weighted by Crippen LogP contribution is 2.31. The number of amides is 3. The van der Waals surface area contributed by atoms with Crippen LogP contribution in [0.5, 0.6) is 0 Å². The molecule has 3 fully saturated rings. The van der Waals surface area contributed by atoms with E-state index in [1.807, 2.05) is 21.9 Å². The van der Waals surface area contributed by atoms with Gasteiger partial charge in [-0.15, -0.1) is 0 Å². The average molecular weight is 505 g/mol. The van der Waals surface area contributed by atoms with Crippen LogP contribution in [0.1, 0.15) is 52.8 Å². The summed E-state index contributed by atoms with van der Waals surface area (Å²) in [6.07, 6.45) is 8.70. The lowest BCUT2D eigenvalue weighted by molar-refractivity contribution is -0.136. The van der Waals surface area contributed by atoms with Crippen molar-refractivity contribution in [2.75, 3.05) is 62.6 Å². The fraction of sp³-hybridized carbons (Fsp3) is 0.500. The number of benzene rings is 1. The van der Waals surface area contributed by atoms with E-state index in [0.29, 0.717) is 62.0 Å².